The minimum Gasteiger partial charge on any atom is -0.328 e. The van der Waals surface area contributed by atoms with E-state index in [1.165, 1.54) is 58.0 Å². The zero-order valence-corrected chi connectivity index (χ0v) is 10.1. The topological polar surface area (TPSA) is 29.3 Å². The van der Waals surface area contributed by atoms with E-state index in [-0.39, 0.29) is 0 Å². The predicted octanol–water partition coefficient (Wildman–Crippen LogP) is 2.38. The Morgan fingerprint density at radius 2 is 1.93 bits per heavy atom. The Kier molecular flexibility index (Phi) is 4.04. The first-order valence-electron chi connectivity index (χ1n) is 6.75. The zero-order valence-electron chi connectivity index (χ0n) is 10.1. The van der Waals surface area contributed by atoms with Crippen LogP contribution in [0.15, 0.2) is 0 Å². The van der Waals surface area contributed by atoms with Crippen LogP contribution in [0.25, 0.3) is 0 Å². The maximum absolute atomic E-state index is 5.76. The van der Waals surface area contributed by atoms with Crippen molar-refractivity contribution in [2.24, 2.45) is 11.7 Å². The van der Waals surface area contributed by atoms with Gasteiger partial charge in [-0.05, 0) is 57.9 Å². The van der Waals surface area contributed by atoms with Crippen molar-refractivity contribution in [2.75, 3.05) is 13.1 Å². The van der Waals surface area contributed by atoms with Crippen molar-refractivity contribution in [2.45, 2.75) is 64.0 Å². The molecule has 88 valence electrons. The highest BCUT2D eigenvalue weighted by molar-refractivity contribution is 4.88. The average molecular weight is 210 g/mol. The smallest absolute Gasteiger partial charge is 0.00965 e. The molecule has 0 aromatic carbocycles. The summed E-state index contributed by atoms with van der Waals surface area (Å²) < 4.78 is 0. The lowest BCUT2D eigenvalue weighted by atomic mass is 10.1. The molecule has 2 nitrogen and oxygen atoms in total. The first-order valence-corrected chi connectivity index (χ1v) is 6.75. The standard InChI is InChI=1S/C13H26N2/c1-11(14)4-2-3-9-15(13-7-8-13)10-12-5-6-12/h11-13H,2-10,14H2,1H3. The molecule has 15 heavy (non-hydrogen) atoms. The van der Waals surface area contributed by atoms with Crippen LogP contribution in [0, 0.1) is 5.92 Å². The number of nitrogens with zero attached hydrogens (tertiary/aromatic N) is 1. The predicted molar refractivity (Wildman–Crippen MR) is 64.8 cm³/mol. The van der Waals surface area contributed by atoms with Gasteiger partial charge in [-0.25, -0.2) is 0 Å². The molecule has 0 aromatic rings. The Bertz CT molecular complexity index is 183. The van der Waals surface area contributed by atoms with Gasteiger partial charge in [0.25, 0.3) is 0 Å². The van der Waals surface area contributed by atoms with Crippen LogP contribution < -0.4 is 5.73 Å². The highest BCUT2D eigenvalue weighted by Gasteiger charge is 2.32. The van der Waals surface area contributed by atoms with Gasteiger partial charge in [0.15, 0.2) is 0 Å². The van der Waals surface area contributed by atoms with E-state index in [2.05, 4.69) is 11.8 Å². The summed E-state index contributed by atoms with van der Waals surface area (Å²) in [6.07, 6.45) is 9.75. The number of rotatable bonds is 8. The van der Waals surface area contributed by atoms with Crippen molar-refractivity contribution in [3.63, 3.8) is 0 Å². The van der Waals surface area contributed by atoms with E-state index in [1.807, 2.05) is 0 Å². The quantitative estimate of drug-likeness (QED) is 0.623. The monoisotopic (exact) mass is 210 g/mol. The molecule has 0 amide bonds. The molecule has 2 fully saturated rings. The normalized spacial score (nSPS) is 23.4. The summed E-state index contributed by atoms with van der Waals surface area (Å²) in [5, 5.41) is 0. The second-order valence-electron chi connectivity index (χ2n) is 5.64. The molecule has 2 aliphatic rings. The van der Waals surface area contributed by atoms with Crippen LogP contribution >= 0.6 is 0 Å². The number of nitrogens with two attached hydrogens (primary N) is 1. The fraction of sp³-hybridized carbons (Fsp3) is 1.00. The lowest BCUT2D eigenvalue weighted by molar-refractivity contribution is 0.246. The van der Waals surface area contributed by atoms with Gasteiger partial charge in [0.1, 0.15) is 0 Å². The molecular formula is C13H26N2. The zero-order chi connectivity index (χ0) is 10.7. The van der Waals surface area contributed by atoms with Gasteiger partial charge in [-0.15, -0.1) is 0 Å². The lowest BCUT2D eigenvalue weighted by Crippen LogP contribution is -2.29. The molecule has 0 heterocycles. The third-order valence-electron chi connectivity index (χ3n) is 3.61. The Hall–Kier alpha value is -0.0800. The fourth-order valence-electron chi connectivity index (χ4n) is 2.28. The van der Waals surface area contributed by atoms with E-state index in [1.54, 1.807) is 0 Å². The van der Waals surface area contributed by atoms with Crippen LogP contribution in [-0.2, 0) is 0 Å². The highest BCUT2D eigenvalue weighted by atomic mass is 15.2. The summed E-state index contributed by atoms with van der Waals surface area (Å²) in [7, 11) is 0. The van der Waals surface area contributed by atoms with Crippen molar-refractivity contribution in [3.8, 4) is 0 Å². The molecule has 0 bridgehead atoms. The second-order valence-corrected chi connectivity index (χ2v) is 5.64. The van der Waals surface area contributed by atoms with Crippen LogP contribution in [0.2, 0.25) is 0 Å². The van der Waals surface area contributed by atoms with E-state index >= 15 is 0 Å². The second kappa shape index (κ2) is 5.31. The Morgan fingerprint density at radius 1 is 1.20 bits per heavy atom. The van der Waals surface area contributed by atoms with E-state index in [4.69, 9.17) is 5.73 Å². The Balaban J connectivity index is 1.56. The third-order valence-corrected chi connectivity index (χ3v) is 3.61. The van der Waals surface area contributed by atoms with Crippen molar-refractivity contribution in [3.05, 3.63) is 0 Å². The molecular weight excluding hydrogens is 184 g/mol. The first kappa shape index (κ1) is 11.4. The van der Waals surface area contributed by atoms with Gasteiger partial charge in [-0.2, -0.15) is 0 Å². The lowest BCUT2D eigenvalue weighted by Gasteiger charge is -2.21. The SMILES string of the molecule is CC(N)CCCCN(CC1CC1)C1CC1. The van der Waals surface area contributed by atoms with Crippen LogP contribution in [0.4, 0.5) is 0 Å². The number of unbranched alkanes of at least 4 members (excludes halogenated alkanes) is 1. The van der Waals surface area contributed by atoms with Gasteiger partial charge in [-0.1, -0.05) is 6.42 Å². The number of hydrogen-bond acceptors (Lipinski definition) is 2. The molecule has 2 heteroatoms. The Morgan fingerprint density at radius 3 is 2.47 bits per heavy atom. The van der Waals surface area contributed by atoms with Crippen molar-refractivity contribution < 1.29 is 0 Å². The molecule has 2 N–H and O–H groups in total. The molecule has 2 rings (SSSR count). The van der Waals surface area contributed by atoms with Crippen LogP contribution in [-0.4, -0.2) is 30.1 Å². The molecule has 1 unspecified atom stereocenters. The molecule has 0 aliphatic heterocycles. The summed E-state index contributed by atoms with van der Waals surface area (Å²) >= 11 is 0. The summed E-state index contributed by atoms with van der Waals surface area (Å²) in [4.78, 5) is 2.75. The van der Waals surface area contributed by atoms with E-state index < -0.39 is 0 Å². The molecule has 0 saturated heterocycles. The summed E-state index contributed by atoms with van der Waals surface area (Å²) in [6.45, 7) is 4.83. The van der Waals surface area contributed by atoms with E-state index in [9.17, 15) is 0 Å². The van der Waals surface area contributed by atoms with Crippen LogP contribution in [0.5, 0.6) is 0 Å². The molecule has 1 atom stereocenters. The van der Waals surface area contributed by atoms with Gasteiger partial charge in [0.2, 0.25) is 0 Å². The largest absolute Gasteiger partial charge is 0.328 e. The summed E-state index contributed by atoms with van der Waals surface area (Å²) in [5.41, 5.74) is 5.76. The minimum absolute atomic E-state index is 0.391. The highest BCUT2D eigenvalue weighted by Crippen LogP contribution is 2.34. The maximum atomic E-state index is 5.76. The molecule has 0 aromatic heterocycles. The average Bonchev–Trinajstić information content (AvgIpc) is 3.00. The molecule has 0 spiro atoms. The van der Waals surface area contributed by atoms with Gasteiger partial charge in [0.05, 0.1) is 0 Å². The Labute approximate surface area is 94.2 Å². The van der Waals surface area contributed by atoms with Crippen molar-refractivity contribution >= 4 is 0 Å². The van der Waals surface area contributed by atoms with Gasteiger partial charge in [0, 0.05) is 18.6 Å². The third kappa shape index (κ3) is 4.52. The van der Waals surface area contributed by atoms with E-state index in [0.29, 0.717) is 6.04 Å². The summed E-state index contributed by atoms with van der Waals surface area (Å²) in [6, 6.07) is 1.35. The molecule has 2 aliphatic carbocycles. The number of hydrogen-bond donors (Lipinski definition) is 1. The van der Waals surface area contributed by atoms with Crippen molar-refractivity contribution in [1.82, 2.24) is 4.90 Å². The maximum Gasteiger partial charge on any atom is 0.00965 e. The van der Waals surface area contributed by atoms with Gasteiger partial charge < -0.3 is 10.6 Å². The van der Waals surface area contributed by atoms with Crippen LogP contribution in [0.1, 0.15) is 51.9 Å². The summed E-state index contributed by atoms with van der Waals surface area (Å²) in [5.74, 6) is 1.05. The molecule has 0 radical (unpaired) electrons. The van der Waals surface area contributed by atoms with Crippen LogP contribution in [0.3, 0.4) is 0 Å². The van der Waals surface area contributed by atoms with Gasteiger partial charge >= 0.3 is 0 Å². The molecule has 2 saturated carbocycles. The van der Waals surface area contributed by atoms with Gasteiger partial charge in [-0.3, -0.25) is 0 Å². The first-order chi connectivity index (χ1) is 7.25. The van der Waals surface area contributed by atoms with Crippen molar-refractivity contribution in [1.29, 1.82) is 0 Å². The minimum atomic E-state index is 0.391. The van der Waals surface area contributed by atoms with E-state index in [0.717, 1.165) is 12.0 Å². The fourth-order valence-corrected chi connectivity index (χ4v) is 2.28.